The molecule has 43 heavy (non-hydrogen) atoms. The summed E-state index contributed by atoms with van der Waals surface area (Å²) in [5.41, 5.74) is 5.82. The minimum absolute atomic E-state index is 0.00224. The van der Waals surface area contributed by atoms with Crippen LogP contribution < -0.4 is 4.74 Å². The van der Waals surface area contributed by atoms with Gasteiger partial charge in [0, 0.05) is 38.6 Å². The highest BCUT2D eigenvalue weighted by Crippen LogP contribution is 2.36. The van der Waals surface area contributed by atoms with Crippen molar-refractivity contribution in [1.82, 2.24) is 30.0 Å². The largest absolute Gasteiger partial charge is 0.458 e. The van der Waals surface area contributed by atoms with Crippen LogP contribution in [0, 0.1) is 26.7 Å². The van der Waals surface area contributed by atoms with E-state index < -0.39 is 0 Å². The summed E-state index contributed by atoms with van der Waals surface area (Å²) in [7, 11) is 0. The molecule has 0 saturated carbocycles. The van der Waals surface area contributed by atoms with Crippen LogP contribution in [0.5, 0.6) is 5.75 Å². The maximum absolute atomic E-state index is 6.33. The van der Waals surface area contributed by atoms with Gasteiger partial charge >= 0.3 is 0 Å². The molecule has 0 spiro atoms. The Hall–Kier alpha value is -4.33. The summed E-state index contributed by atoms with van der Waals surface area (Å²) in [5, 5.41) is 13.4. The highest BCUT2D eigenvalue weighted by atomic mass is 16.5. The standard InChI is InChI=1S/C36H40N6O/c1-27-17-19-32(20-18-27)43-33-16-8-15-31(26-33)35(36-37-38-39-42(36)34-28(2)10-7-11-29(34)3)41-24-22-40(23-25-41)21-9-14-30-12-5-4-6-13-30/h4-14,16-20,26,31,35H,15,21-25H2,1-3H3/b14-9+/t31?,35-/m0/s1. The normalized spacial score (nSPS) is 18.6. The number of nitrogens with zero attached hydrogens (tertiary/aromatic N) is 6. The van der Waals surface area contributed by atoms with E-state index in [0.717, 1.165) is 73.3 Å². The molecule has 1 aliphatic carbocycles. The van der Waals surface area contributed by atoms with Gasteiger partial charge in [0.25, 0.3) is 0 Å². The Kier molecular flexibility index (Phi) is 8.91. The van der Waals surface area contributed by atoms with Crippen molar-refractivity contribution >= 4 is 6.08 Å². The van der Waals surface area contributed by atoms with Crippen LogP contribution in [0.3, 0.4) is 0 Å². The van der Waals surface area contributed by atoms with E-state index in [9.17, 15) is 0 Å². The Morgan fingerprint density at radius 2 is 1.63 bits per heavy atom. The number of hydrogen-bond acceptors (Lipinski definition) is 6. The molecular weight excluding hydrogens is 532 g/mol. The third-order valence-corrected chi connectivity index (χ3v) is 8.41. The van der Waals surface area contributed by atoms with Crippen molar-refractivity contribution in [3.8, 4) is 11.4 Å². The molecule has 2 atom stereocenters. The van der Waals surface area contributed by atoms with Crippen molar-refractivity contribution in [2.24, 2.45) is 5.92 Å². The second kappa shape index (κ2) is 13.3. The third kappa shape index (κ3) is 6.85. The number of para-hydroxylation sites is 1. The lowest BCUT2D eigenvalue weighted by atomic mass is 9.89. The SMILES string of the molecule is Cc1ccc(OC2=CC([C@@H](c3nnnn3-c3c(C)cccc3C)N3CCN(C/C=C/c4ccccc4)CC3)CC=C2)cc1. The maximum atomic E-state index is 6.33. The van der Waals surface area contributed by atoms with Gasteiger partial charge in [-0.1, -0.05) is 84.5 Å². The lowest BCUT2D eigenvalue weighted by Crippen LogP contribution is -2.49. The molecule has 0 amide bonds. The fourth-order valence-electron chi connectivity index (χ4n) is 6.14. The van der Waals surface area contributed by atoms with Gasteiger partial charge in [-0.05, 0) is 78.6 Å². The molecule has 7 heteroatoms. The van der Waals surface area contributed by atoms with Crippen LogP contribution in [0.25, 0.3) is 11.8 Å². The summed E-state index contributed by atoms with van der Waals surface area (Å²) in [4.78, 5) is 5.08. The average Bonchev–Trinajstić information content (AvgIpc) is 3.49. The van der Waals surface area contributed by atoms with E-state index in [1.807, 2.05) is 16.8 Å². The monoisotopic (exact) mass is 572 g/mol. The van der Waals surface area contributed by atoms with E-state index in [2.05, 4.69) is 137 Å². The molecule has 0 bridgehead atoms. The van der Waals surface area contributed by atoms with Crippen molar-refractivity contribution in [2.75, 3.05) is 32.7 Å². The lowest BCUT2D eigenvalue weighted by molar-refractivity contribution is 0.0778. The van der Waals surface area contributed by atoms with Gasteiger partial charge in [-0.3, -0.25) is 9.80 Å². The number of aromatic nitrogens is 4. The molecule has 4 aromatic rings. The molecule has 2 aliphatic rings. The molecule has 1 saturated heterocycles. The van der Waals surface area contributed by atoms with Gasteiger partial charge in [-0.2, -0.15) is 4.68 Å². The summed E-state index contributed by atoms with van der Waals surface area (Å²) in [6, 6.07) is 25.0. The molecule has 1 fully saturated rings. The predicted octanol–water partition coefficient (Wildman–Crippen LogP) is 6.50. The number of allylic oxidation sites excluding steroid dienone is 2. The van der Waals surface area contributed by atoms with E-state index in [1.54, 1.807) is 0 Å². The molecule has 0 radical (unpaired) electrons. The highest BCUT2D eigenvalue weighted by molar-refractivity contribution is 5.49. The zero-order valence-electron chi connectivity index (χ0n) is 25.3. The van der Waals surface area contributed by atoms with Crippen LogP contribution in [-0.2, 0) is 0 Å². The van der Waals surface area contributed by atoms with Gasteiger partial charge in [0.15, 0.2) is 5.82 Å². The Balaban J connectivity index is 1.26. The number of aryl methyl sites for hydroxylation is 3. The Bertz CT molecular complexity index is 1580. The fraction of sp³-hybridized carbons (Fsp3) is 0.306. The summed E-state index contributed by atoms with van der Waals surface area (Å²) < 4.78 is 8.30. The van der Waals surface area contributed by atoms with Gasteiger partial charge in [0.2, 0.25) is 0 Å². The average molecular weight is 573 g/mol. The van der Waals surface area contributed by atoms with Gasteiger partial charge in [0.1, 0.15) is 11.5 Å². The summed E-state index contributed by atoms with van der Waals surface area (Å²) in [6.45, 7) is 11.1. The van der Waals surface area contributed by atoms with Crippen LogP contribution in [-0.4, -0.2) is 62.7 Å². The second-order valence-electron chi connectivity index (χ2n) is 11.6. The van der Waals surface area contributed by atoms with Crippen molar-refractivity contribution in [1.29, 1.82) is 0 Å². The molecule has 6 rings (SSSR count). The van der Waals surface area contributed by atoms with Crippen molar-refractivity contribution in [3.05, 3.63) is 131 Å². The number of ether oxygens (including phenoxy) is 1. The van der Waals surface area contributed by atoms with Crippen molar-refractivity contribution in [2.45, 2.75) is 33.2 Å². The van der Waals surface area contributed by atoms with Gasteiger partial charge < -0.3 is 4.74 Å². The first kappa shape index (κ1) is 28.8. The third-order valence-electron chi connectivity index (χ3n) is 8.41. The van der Waals surface area contributed by atoms with E-state index in [4.69, 9.17) is 4.74 Å². The Morgan fingerprint density at radius 1 is 0.884 bits per heavy atom. The van der Waals surface area contributed by atoms with Gasteiger partial charge in [0.05, 0.1) is 11.7 Å². The van der Waals surface area contributed by atoms with Crippen LogP contribution in [0.2, 0.25) is 0 Å². The van der Waals surface area contributed by atoms with E-state index >= 15 is 0 Å². The molecule has 3 aromatic carbocycles. The first-order valence-corrected chi connectivity index (χ1v) is 15.2. The van der Waals surface area contributed by atoms with Gasteiger partial charge in [-0.15, -0.1) is 5.10 Å². The molecule has 1 unspecified atom stereocenters. The van der Waals surface area contributed by atoms with Crippen LogP contribution >= 0.6 is 0 Å². The van der Waals surface area contributed by atoms with Crippen molar-refractivity contribution in [3.63, 3.8) is 0 Å². The van der Waals surface area contributed by atoms with Crippen LogP contribution in [0.15, 0.2) is 103 Å². The summed E-state index contributed by atoms with van der Waals surface area (Å²) in [6.07, 6.45) is 11.9. The maximum Gasteiger partial charge on any atom is 0.174 e. The molecule has 1 aromatic heterocycles. The van der Waals surface area contributed by atoms with E-state index in [0.29, 0.717) is 0 Å². The van der Waals surface area contributed by atoms with E-state index in [-0.39, 0.29) is 12.0 Å². The first-order valence-electron chi connectivity index (χ1n) is 15.2. The topological polar surface area (TPSA) is 59.3 Å². The minimum Gasteiger partial charge on any atom is -0.458 e. The number of piperazine rings is 1. The predicted molar refractivity (Wildman–Crippen MR) is 172 cm³/mol. The smallest absolute Gasteiger partial charge is 0.174 e. The molecule has 2 heterocycles. The molecule has 220 valence electrons. The summed E-state index contributed by atoms with van der Waals surface area (Å²) in [5.74, 6) is 2.74. The number of rotatable bonds is 9. The van der Waals surface area contributed by atoms with Gasteiger partial charge in [-0.25, -0.2) is 0 Å². The van der Waals surface area contributed by atoms with Crippen LogP contribution in [0.4, 0.5) is 0 Å². The van der Waals surface area contributed by atoms with E-state index in [1.165, 1.54) is 11.1 Å². The minimum atomic E-state index is -0.00224. The van der Waals surface area contributed by atoms with Crippen LogP contribution in [0.1, 0.15) is 40.5 Å². The lowest BCUT2D eigenvalue weighted by Gasteiger charge is -2.41. The zero-order chi connectivity index (χ0) is 29.6. The first-order chi connectivity index (χ1) is 21.0. The quantitative estimate of drug-likeness (QED) is 0.228. The molecule has 7 nitrogen and oxygen atoms in total. The zero-order valence-corrected chi connectivity index (χ0v) is 25.3. The Labute approximate surface area is 254 Å². The number of tetrazole rings is 1. The number of hydrogen-bond donors (Lipinski definition) is 0. The molecular formula is C36H40N6O. The summed E-state index contributed by atoms with van der Waals surface area (Å²) >= 11 is 0. The highest BCUT2D eigenvalue weighted by Gasteiger charge is 2.35. The fourth-order valence-corrected chi connectivity index (χ4v) is 6.14. The molecule has 1 aliphatic heterocycles. The Morgan fingerprint density at radius 3 is 2.37 bits per heavy atom. The number of benzene rings is 3. The second-order valence-corrected chi connectivity index (χ2v) is 11.6. The molecule has 0 N–H and O–H groups in total. The van der Waals surface area contributed by atoms with Crippen molar-refractivity contribution < 1.29 is 4.74 Å².